The van der Waals surface area contributed by atoms with E-state index in [1.165, 1.54) is 4.68 Å². The molecule has 6 heteroatoms. The molecule has 0 saturated carbocycles. The van der Waals surface area contributed by atoms with Gasteiger partial charge in [0.1, 0.15) is 5.02 Å². The van der Waals surface area contributed by atoms with Crippen molar-refractivity contribution >= 4 is 17.3 Å². The molecule has 1 aliphatic heterocycles. The number of nitrogens with zero attached hydrogens (tertiary/aromatic N) is 3. The van der Waals surface area contributed by atoms with E-state index in [0.717, 1.165) is 25.1 Å². The molecular formula is C15H25ClN4O. The van der Waals surface area contributed by atoms with Crippen LogP contribution < -0.4 is 16.2 Å². The predicted molar refractivity (Wildman–Crippen MR) is 86.9 cm³/mol. The zero-order chi connectivity index (χ0) is 15.6. The third kappa shape index (κ3) is 3.40. The summed E-state index contributed by atoms with van der Waals surface area (Å²) in [5, 5.41) is 4.55. The van der Waals surface area contributed by atoms with E-state index >= 15 is 0 Å². The molecule has 21 heavy (non-hydrogen) atoms. The van der Waals surface area contributed by atoms with Crippen molar-refractivity contribution in [2.24, 2.45) is 17.6 Å². The SMILES string of the molecule is CC(C)Cn1ncc(N2CCCC(C)C2CN)c(Cl)c1=O. The van der Waals surface area contributed by atoms with Gasteiger partial charge in [0.25, 0.3) is 5.56 Å². The first-order valence-corrected chi connectivity index (χ1v) is 8.05. The lowest BCUT2D eigenvalue weighted by atomic mass is 9.90. The van der Waals surface area contributed by atoms with Crippen LogP contribution in [0.15, 0.2) is 11.0 Å². The maximum Gasteiger partial charge on any atom is 0.287 e. The average molecular weight is 313 g/mol. The number of hydrogen-bond acceptors (Lipinski definition) is 4. The highest BCUT2D eigenvalue weighted by Crippen LogP contribution is 2.30. The average Bonchev–Trinajstić information content (AvgIpc) is 2.43. The summed E-state index contributed by atoms with van der Waals surface area (Å²) in [4.78, 5) is 14.5. The van der Waals surface area contributed by atoms with Crippen LogP contribution in [0, 0.1) is 11.8 Å². The fraction of sp³-hybridized carbons (Fsp3) is 0.733. The van der Waals surface area contributed by atoms with E-state index in [4.69, 9.17) is 17.3 Å². The molecule has 5 nitrogen and oxygen atoms in total. The number of rotatable bonds is 4. The number of hydrogen-bond donors (Lipinski definition) is 1. The van der Waals surface area contributed by atoms with Gasteiger partial charge in [-0.15, -0.1) is 0 Å². The van der Waals surface area contributed by atoms with Gasteiger partial charge in [0.15, 0.2) is 0 Å². The van der Waals surface area contributed by atoms with E-state index in [2.05, 4.69) is 16.9 Å². The minimum Gasteiger partial charge on any atom is -0.364 e. The van der Waals surface area contributed by atoms with Gasteiger partial charge in [0.05, 0.1) is 11.9 Å². The van der Waals surface area contributed by atoms with Gasteiger partial charge in [-0.25, -0.2) is 4.68 Å². The van der Waals surface area contributed by atoms with Crippen molar-refractivity contribution in [2.45, 2.75) is 46.2 Å². The van der Waals surface area contributed by atoms with Crippen LogP contribution in [-0.4, -0.2) is 28.9 Å². The maximum atomic E-state index is 12.4. The molecule has 2 unspecified atom stereocenters. The highest BCUT2D eigenvalue weighted by molar-refractivity contribution is 6.33. The minimum absolute atomic E-state index is 0.211. The largest absolute Gasteiger partial charge is 0.364 e. The molecule has 1 saturated heterocycles. The molecule has 2 rings (SSSR count). The van der Waals surface area contributed by atoms with E-state index in [0.29, 0.717) is 24.9 Å². The Kier molecular flexibility index (Phi) is 5.27. The second-order valence-electron chi connectivity index (χ2n) is 6.34. The normalized spacial score (nSPS) is 22.9. The summed E-state index contributed by atoms with van der Waals surface area (Å²) in [5.41, 5.74) is 6.43. The molecule has 0 amide bonds. The Hall–Kier alpha value is -1.07. The summed E-state index contributed by atoms with van der Waals surface area (Å²) in [6, 6.07) is 0.221. The first kappa shape index (κ1) is 16.3. The van der Waals surface area contributed by atoms with Gasteiger partial charge >= 0.3 is 0 Å². The standard InChI is InChI=1S/C15H25ClN4O/c1-10(2)9-20-15(21)14(16)13(8-18-20)19-6-4-5-11(3)12(19)7-17/h8,10-12H,4-7,9,17H2,1-3H3. The molecular weight excluding hydrogens is 288 g/mol. The lowest BCUT2D eigenvalue weighted by Gasteiger charge is -2.41. The smallest absolute Gasteiger partial charge is 0.287 e. The highest BCUT2D eigenvalue weighted by atomic mass is 35.5. The fourth-order valence-corrected chi connectivity index (χ4v) is 3.30. The Labute approximate surface area is 131 Å². The van der Waals surface area contributed by atoms with Crippen molar-refractivity contribution in [3.63, 3.8) is 0 Å². The van der Waals surface area contributed by atoms with E-state index in [9.17, 15) is 4.79 Å². The first-order chi connectivity index (χ1) is 9.95. The Bertz CT molecular complexity index is 543. The second-order valence-corrected chi connectivity index (χ2v) is 6.72. The summed E-state index contributed by atoms with van der Waals surface area (Å²) >= 11 is 6.33. The Morgan fingerprint density at radius 3 is 2.86 bits per heavy atom. The first-order valence-electron chi connectivity index (χ1n) is 7.68. The van der Waals surface area contributed by atoms with Crippen LogP contribution >= 0.6 is 11.6 Å². The summed E-state index contributed by atoms with van der Waals surface area (Å²) in [6.07, 6.45) is 3.96. The molecule has 0 radical (unpaired) electrons. The van der Waals surface area contributed by atoms with Gasteiger partial charge in [-0.2, -0.15) is 5.10 Å². The zero-order valence-corrected chi connectivity index (χ0v) is 13.8. The Balaban J connectivity index is 2.36. The summed E-state index contributed by atoms with van der Waals surface area (Å²) in [7, 11) is 0. The van der Waals surface area contributed by atoms with Gasteiger partial charge in [0.2, 0.25) is 0 Å². The Morgan fingerprint density at radius 2 is 2.24 bits per heavy atom. The van der Waals surface area contributed by atoms with Gasteiger partial charge in [-0.1, -0.05) is 32.4 Å². The molecule has 0 spiro atoms. The van der Waals surface area contributed by atoms with Crippen molar-refractivity contribution in [1.29, 1.82) is 0 Å². The summed E-state index contributed by atoms with van der Waals surface area (Å²) in [5.74, 6) is 0.849. The maximum absolute atomic E-state index is 12.4. The van der Waals surface area contributed by atoms with Crippen molar-refractivity contribution < 1.29 is 0 Å². The number of nitrogens with two attached hydrogens (primary N) is 1. The number of piperidine rings is 1. The van der Waals surface area contributed by atoms with Crippen LogP contribution in [0.3, 0.4) is 0 Å². The minimum atomic E-state index is -0.211. The topological polar surface area (TPSA) is 64.2 Å². The summed E-state index contributed by atoms with van der Waals surface area (Å²) < 4.78 is 1.45. The number of aromatic nitrogens is 2. The van der Waals surface area contributed by atoms with Gasteiger partial charge < -0.3 is 10.6 Å². The van der Waals surface area contributed by atoms with Crippen molar-refractivity contribution in [3.8, 4) is 0 Å². The van der Waals surface area contributed by atoms with Gasteiger partial charge in [0, 0.05) is 25.7 Å². The molecule has 1 aromatic rings. The molecule has 2 atom stereocenters. The molecule has 1 aromatic heterocycles. The Morgan fingerprint density at radius 1 is 1.52 bits per heavy atom. The van der Waals surface area contributed by atoms with E-state index in [1.54, 1.807) is 6.20 Å². The zero-order valence-electron chi connectivity index (χ0n) is 13.1. The molecule has 0 aliphatic carbocycles. The quantitative estimate of drug-likeness (QED) is 0.925. The van der Waals surface area contributed by atoms with E-state index in [1.807, 2.05) is 13.8 Å². The lowest BCUT2D eigenvalue weighted by molar-refractivity contribution is 0.349. The number of anilines is 1. The van der Waals surface area contributed by atoms with Crippen LogP contribution in [-0.2, 0) is 6.54 Å². The lowest BCUT2D eigenvalue weighted by Crippen LogP contribution is -2.49. The predicted octanol–water partition coefficient (Wildman–Crippen LogP) is 2.12. The molecule has 118 valence electrons. The highest BCUT2D eigenvalue weighted by Gasteiger charge is 2.29. The summed E-state index contributed by atoms with van der Waals surface area (Å²) in [6.45, 7) is 8.31. The van der Waals surface area contributed by atoms with Crippen LogP contribution in [0.25, 0.3) is 0 Å². The van der Waals surface area contributed by atoms with Crippen LogP contribution in [0.1, 0.15) is 33.6 Å². The van der Waals surface area contributed by atoms with Gasteiger partial charge in [-0.05, 0) is 24.7 Å². The molecule has 2 heterocycles. The van der Waals surface area contributed by atoms with Crippen molar-refractivity contribution in [3.05, 3.63) is 21.6 Å². The van der Waals surface area contributed by atoms with E-state index < -0.39 is 0 Å². The second kappa shape index (κ2) is 6.79. The molecule has 2 N–H and O–H groups in total. The third-order valence-corrected chi connectivity index (χ3v) is 4.53. The fourth-order valence-electron chi connectivity index (χ4n) is 3.04. The molecule has 1 fully saturated rings. The van der Waals surface area contributed by atoms with Crippen LogP contribution in [0.5, 0.6) is 0 Å². The molecule has 1 aliphatic rings. The number of halogens is 1. The van der Waals surface area contributed by atoms with Crippen LogP contribution in [0.2, 0.25) is 5.02 Å². The molecule has 0 bridgehead atoms. The van der Waals surface area contributed by atoms with Crippen molar-refractivity contribution in [2.75, 3.05) is 18.0 Å². The van der Waals surface area contributed by atoms with Crippen LogP contribution in [0.4, 0.5) is 5.69 Å². The van der Waals surface area contributed by atoms with Crippen molar-refractivity contribution in [1.82, 2.24) is 9.78 Å². The van der Waals surface area contributed by atoms with Gasteiger partial charge in [-0.3, -0.25) is 4.79 Å². The molecule has 0 aromatic carbocycles. The van der Waals surface area contributed by atoms with E-state index in [-0.39, 0.29) is 16.6 Å². The monoisotopic (exact) mass is 312 g/mol. The third-order valence-electron chi connectivity index (χ3n) is 4.17.